The molecule has 152 valence electrons. The first-order valence-electron chi connectivity index (χ1n) is 9.79. The summed E-state index contributed by atoms with van der Waals surface area (Å²) >= 11 is 0. The van der Waals surface area contributed by atoms with E-state index < -0.39 is 0 Å². The Kier molecular flexibility index (Phi) is 18.1. The highest BCUT2D eigenvalue weighted by molar-refractivity contribution is 5.17. The molecule has 2 heterocycles. The van der Waals surface area contributed by atoms with Gasteiger partial charge in [0, 0.05) is 20.3 Å². The SMILES string of the molecule is CC.CC.CC.CCc1nnc(C)o1.Cc1nnc(Cc2ccccc2)o1. The van der Waals surface area contributed by atoms with E-state index in [4.69, 9.17) is 8.83 Å². The van der Waals surface area contributed by atoms with E-state index in [0.29, 0.717) is 30.0 Å². The van der Waals surface area contributed by atoms with Crippen molar-refractivity contribution in [2.45, 2.75) is 75.2 Å². The largest absolute Gasteiger partial charge is 0.426 e. The molecule has 3 aromatic rings. The number of hydrogen-bond donors (Lipinski definition) is 0. The maximum absolute atomic E-state index is 5.27. The molecule has 0 spiro atoms. The first-order chi connectivity index (χ1) is 13.2. The highest BCUT2D eigenvalue weighted by atomic mass is 16.4. The molecule has 0 amide bonds. The van der Waals surface area contributed by atoms with E-state index in [9.17, 15) is 0 Å². The predicted octanol–water partition coefficient (Wildman–Crippen LogP) is 5.99. The molecule has 2 aromatic heterocycles. The molecule has 3 rings (SSSR count). The second-order valence-electron chi connectivity index (χ2n) is 4.45. The summed E-state index contributed by atoms with van der Waals surface area (Å²) in [6.07, 6.45) is 1.53. The third kappa shape index (κ3) is 12.5. The van der Waals surface area contributed by atoms with Gasteiger partial charge in [-0.05, 0) is 5.56 Å². The summed E-state index contributed by atoms with van der Waals surface area (Å²) in [5.41, 5.74) is 1.19. The van der Waals surface area contributed by atoms with Crippen molar-refractivity contribution in [2.75, 3.05) is 0 Å². The van der Waals surface area contributed by atoms with Gasteiger partial charge in [0.05, 0.1) is 6.42 Å². The molecule has 0 bridgehead atoms. The minimum Gasteiger partial charge on any atom is -0.426 e. The van der Waals surface area contributed by atoms with E-state index in [2.05, 4.69) is 20.4 Å². The topological polar surface area (TPSA) is 77.8 Å². The van der Waals surface area contributed by atoms with Crippen LogP contribution in [0.25, 0.3) is 0 Å². The number of rotatable bonds is 3. The monoisotopic (exact) mass is 376 g/mol. The van der Waals surface area contributed by atoms with Crippen LogP contribution >= 0.6 is 0 Å². The second kappa shape index (κ2) is 18.3. The van der Waals surface area contributed by atoms with Gasteiger partial charge in [-0.15, -0.1) is 20.4 Å². The standard InChI is InChI=1S/C10H10N2O.C5H8N2O.3C2H6/c1-8-11-12-10(13-8)7-9-5-3-2-4-6-9;1-3-5-7-6-4(2)8-5;3*1-2/h2-6H,7H2,1H3;3H2,1-2H3;3*1-2H3. The van der Waals surface area contributed by atoms with E-state index in [1.165, 1.54) is 5.56 Å². The third-order valence-electron chi connectivity index (χ3n) is 2.64. The molecule has 0 saturated heterocycles. The van der Waals surface area contributed by atoms with Crippen LogP contribution in [-0.4, -0.2) is 20.4 Å². The Labute approximate surface area is 164 Å². The molecule has 1 aromatic carbocycles. The fraction of sp³-hybridized carbons (Fsp3) is 0.524. The number of benzene rings is 1. The molecule has 0 aliphatic rings. The van der Waals surface area contributed by atoms with Crippen LogP contribution in [0.3, 0.4) is 0 Å². The highest BCUT2D eigenvalue weighted by Crippen LogP contribution is 2.07. The molecule has 0 unspecified atom stereocenters. The van der Waals surface area contributed by atoms with Crippen LogP contribution < -0.4 is 0 Å². The van der Waals surface area contributed by atoms with Crippen molar-refractivity contribution in [1.82, 2.24) is 20.4 Å². The number of hydrogen-bond acceptors (Lipinski definition) is 6. The molecule has 6 heteroatoms. The second-order valence-corrected chi connectivity index (χ2v) is 4.45. The molecule has 0 aliphatic carbocycles. The lowest BCUT2D eigenvalue weighted by atomic mass is 10.2. The minimum atomic E-state index is 0.617. The van der Waals surface area contributed by atoms with Gasteiger partial charge in [-0.3, -0.25) is 0 Å². The Bertz CT molecular complexity index is 664. The number of aromatic nitrogens is 4. The molecule has 0 N–H and O–H groups in total. The number of aryl methyl sites for hydroxylation is 3. The average molecular weight is 377 g/mol. The Morgan fingerprint density at radius 1 is 0.667 bits per heavy atom. The van der Waals surface area contributed by atoms with Crippen molar-refractivity contribution < 1.29 is 8.83 Å². The Morgan fingerprint density at radius 2 is 1.11 bits per heavy atom. The quantitative estimate of drug-likeness (QED) is 0.559. The van der Waals surface area contributed by atoms with Gasteiger partial charge in [0.25, 0.3) is 0 Å². The molecular weight excluding hydrogens is 340 g/mol. The minimum absolute atomic E-state index is 0.617. The maximum Gasteiger partial charge on any atom is 0.220 e. The van der Waals surface area contributed by atoms with Gasteiger partial charge in [0.2, 0.25) is 23.6 Å². The van der Waals surface area contributed by atoms with E-state index >= 15 is 0 Å². The van der Waals surface area contributed by atoms with Gasteiger partial charge < -0.3 is 8.83 Å². The zero-order valence-electron chi connectivity index (χ0n) is 18.4. The first kappa shape index (κ1) is 26.7. The van der Waals surface area contributed by atoms with Gasteiger partial charge in [-0.2, -0.15) is 0 Å². The van der Waals surface area contributed by atoms with Crippen molar-refractivity contribution in [3.05, 3.63) is 59.5 Å². The van der Waals surface area contributed by atoms with Gasteiger partial charge in [0.15, 0.2) is 0 Å². The average Bonchev–Trinajstić information content (AvgIpc) is 3.35. The van der Waals surface area contributed by atoms with Crippen LogP contribution in [0.4, 0.5) is 0 Å². The molecule has 6 nitrogen and oxygen atoms in total. The van der Waals surface area contributed by atoms with Crippen LogP contribution in [0.1, 0.15) is 77.6 Å². The smallest absolute Gasteiger partial charge is 0.220 e. The number of nitrogens with zero attached hydrogens (tertiary/aromatic N) is 4. The lowest BCUT2D eigenvalue weighted by Crippen LogP contribution is -1.87. The summed E-state index contributed by atoms with van der Waals surface area (Å²) in [5.74, 6) is 2.64. The lowest BCUT2D eigenvalue weighted by Gasteiger charge is -1.94. The molecule has 0 radical (unpaired) electrons. The summed E-state index contributed by atoms with van der Waals surface area (Å²) in [5, 5.41) is 15.1. The molecule has 0 atom stereocenters. The molecular formula is C21H36N4O2. The van der Waals surface area contributed by atoms with E-state index in [1.54, 1.807) is 13.8 Å². The fourth-order valence-electron chi connectivity index (χ4n) is 1.66. The maximum atomic E-state index is 5.27. The zero-order chi connectivity index (χ0) is 21.1. The Hall–Kier alpha value is -2.50. The van der Waals surface area contributed by atoms with Crippen molar-refractivity contribution in [2.24, 2.45) is 0 Å². The van der Waals surface area contributed by atoms with Gasteiger partial charge >= 0.3 is 0 Å². The summed E-state index contributed by atoms with van der Waals surface area (Å²) in [4.78, 5) is 0. The molecule has 27 heavy (non-hydrogen) atoms. The fourth-order valence-corrected chi connectivity index (χ4v) is 1.66. The van der Waals surface area contributed by atoms with Crippen LogP contribution in [0.15, 0.2) is 39.2 Å². The summed E-state index contributed by atoms with van der Waals surface area (Å²) in [6.45, 7) is 17.6. The van der Waals surface area contributed by atoms with E-state index in [1.807, 2.05) is 78.8 Å². The summed E-state index contributed by atoms with van der Waals surface area (Å²) in [6, 6.07) is 10.1. The van der Waals surface area contributed by atoms with Crippen molar-refractivity contribution in [3.63, 3.8) is 0 Å². The van der Waals surface area contributed by atoms with Crippen LogP contribution in [-0.2, 0) is 12.8 Å². The van der Waals surface area contributed by atoms with Crippen LogP contribution in [0.2, 0.25) is 0 Å². The molecule has 0 fully saturated rings. The van der Waals surface area contributed by atoms with Crippen molar-refractivity contribution in [3.8, 4) is 0 Å². The van der Waals surface area contributed by atoms with Gasteiger partial charge in [0.1, 0.15) is 0 Å². The summed E-state index contributed by atoms with van der Waals surface area (Å²) < 4.78 is 10.3. The first-order valence-corrected chi connectivity index (χ1v) is 9.79. The van der Waals surface area contributed by atoms with Gasteiger partial charge in [-0.25, -0.2) is 0 Å². The summed E-state index contributed by atoms with van der Waals surface area (Å²) in [7, 11) is 0. The predicted molar refractivity (Wildman–Crippen MR) is 111 cm³/mol. The normalized spacial score (nSPS) is 8.48. The Balaban J connectivity index is 0. The van der Waals surface area contributed by atoms with Crippen LogP contribution in [0.5, 0.6) is 0 Å². The molecule has 0 saturated carbocycles. The lowest BCUT2D eigenvalue weighted by molar-refractivity contribution is 0.473. The Morgan fingerprint density at radius 3 is 1.44 bits per heavy atom. The van der Waals surface area contributed by atoms with E-state index in [-0.39, 0.29) is 0 Å². The zero-order valence-corrected chi connectivity index (χ0v) is 18.4. The van der Waals surface area contributed by atoms with Crippen molar-refractivity contribution in [1.29, 1.82) is 0 Å². The van der Waals surface area contributed by atoms with Gasteiger partial charge in [-0.1, -0.05) is 78.8 Å². The molecule has 0 aliphatic heterocycles. The van der Waals surface area contributed by atoms with E-state index in [0.717, 1.165) is 6.42 Å². The third-order valence-corrected chi connectivity index (χ3v) is 2.64. The highest BCUT2D eigenvalue weighted by Gasteiger charge is 2.02. The van der Waals surface area contributed by atoms with Crippen molar-refractivity contribution >= 4 is 0 Å². The van der Waals surface area contributed by atoms with Crippen LogP contribution in [0, 0.1) is 13.8 Å².